The highest BCUT2D eigenvalue weighted by atomic mass is 32.2. The summed E-state index contributed by atoms with van der Waals surface area (Å²) in [6.45, 7) is 0. The summed E-state index contributed by atoms with van der Waals surface area (Å²) in [6, 6.07) is 7.24. The number of aliphatic carboxylic acids is 1. The van der Waals surface area contributed by atoms with Gasteiger partial charge in [-0.3, -0.25) is 4.99 Å². The fourth-order valence-electron chi connectivity index (χ4n) is 1.58. The summed E-state index contributed by atoms with van der Waals surface area (Å²) in [6.07, 6.45) is 0. The molecule has 1 N–H and O–H groups in total. The molecular weight excluding hydrogens is 256 g/mol. The van der Waals surface area contributed by atoms with E-state index in [0.717, 1.165) is 20.3 Å². The van der Waals surface area contributed by atoms with E-state index < -0.39 is 12.0 Å². The fourth-order valence-corrected chi connectivity index (χ4v) is 3.64. The van der Waals surface area contributed by atoms with E-state index in [9.17, 15) is 4.79 Å². The maximum atomic E-state index is 10.8. The van der Waals surface area contributed by atoms with Crippen molar-refractivity contribution in [2.45, 2.75) is 6.04 Å². The van der Waals surface area contributed by atoms with Crippen LogP contribution in [0.4, 0.5) is 0 Å². The van der Waals surface area contributed by atoms with Gasteiger partial charge in [0.2, 0.25) is 0 Å². The Labute approximate surface area is 105 Å². The van der Waals surface area contributed by atoms with E-state index in [0.29, 0.717) is 5.75 Å². The van der Waals surface area contributed by atoms with Gasteiger partial charge in [0, 0.05) is 5.75 Å². The van der Waals surface area contributed by atoms with Gasteiger partial charge in [0.1, 0.15) is 10.1 Å². The van der Waals surface area contributed by atoms with Crippen LogP contribution in [-0.2, 0) is 4.79 Å². The van der Waals surface area contributed by atoms with Crippen molar-refractivity contribution in [1.82, 2.24) is 4.98 Å². The maximum absolute atomic E-state index is 10.8. The van der Waals surface area contributed by atoms with Gasteiger partial charge in [-0.05, 0) is 12.1 Å². The molecule has 0 amide bonds. The number of carboxylic acid groups (broad SMARTS) is 1. The first kappa shape index (κ1) is 10.7. The van der Waals surface area contributed by atoms with Gasteiger partial charge in [-0.25, -0.2) is 9.78 Å². The highest BCUT2D eigenvalue weighted by molar-refractivity contribution is 8.15. The second-order valence-corrected chi connectivity index (χ2v) is 5.63. The van der Waals surface area contributed by atoms with E-state index in [1.165, 1.54) is 11.8 Å². The number of hydrogen-bond donors (Lipinski definition) is 1. The molecule has 6 heteroatoms. The molecule has 86 valence electrons. The molecule has 1 aromatic heterocycles. The van der Waals surface area contributed by atoms with Crippen LogP contribution in [-0.4, -0.2) is 32.9 Å². The van der Waals surface area contributed by atoms with Crippen LogP contribution in [0, 0.1) is 0 Å². The lowest BCUT2D eigenvalue weighted by Gasteiger charge is -1.93. The summed E-state index contributed by atoms with van der Waals surface area (Å²) in [5.41, 5.74) is 0.939. The average Bonchev–Trinajstić information content (AvgIpc) is 2.95. The Morgan fingerprint density at radius 3 is 2.94 bits per heavy atom. The molecule has 0 aliphatic carbocycles. The van der Waals surface area contributed by atoms with Gasteiger partial charge in [-0.15, -0.1) is 23.1 Å². The molecule has 1 aliphatic rings. The Bertz CT molecular complexity index is 588. The van der Waals surface area contributed by atoms with E-state index in [1.807, 2.05) is 24.3 Å². The number of hydrogen-bond acceptors (Lipinski definition) is 5. The molecule has 1 aliphatic heterocycles. The third kappa shape index (κ3) is 1.94. The van der Waals surface area contributed by atoms with Gasteiger partial charge in [-0.1, -0.05) is 12.1 Å². The van der Waals surface area contributed by atoms with E-state index in [2.05, 4.69) is 9.98 Å². The Kier molecular flexibility index (Phi) is 2.60. The molecule has 0 fully saturated rings. The van der Waals surface area contributed by atoms with Crippen LogP contribution in [0.1, 0.15) is 5.01 Å². The van der Waals surface area contributed by atoms with Crippen LogP contribution < -0.4 is 0 Å². The maximum Gasteiger partial charge on any atom is 0.329 e. The summed E-state index contributed by atoms with van der Waals surface area (Å²) >= 11 is 3.02. The molecule has 0 saturated heterocycles. The number of benzene rings is 1. The number of aliphatic imine (C=N–C) groups is 1. The van der Waals surface area contributed by atoms with Crippen molar-refractivity contribution in [3.63, 3.8) is 0 Å². The van der Waals surface area contributed by atoms with E-state index in [4.69, 9.17) is 5.11 Å². The Morgan fingerprint density at radius 1 is 1.41 bits per heavy atom. The summed E-state index contributed by atoms with van der Waals surface area (Å²) < 4.78 is 1.10. The molecule has 2 heterocycles. The van der Waals surface area contributed by atoms with E-state index in [-0.39, 0.29) is 0 Å². The van der Waals surface area contributed by atoms with Crippen LogP contribution in [0.3, 0.4) is 0 Å². The molecule has 0 radical (unpaired) electrons. The van der Waals surface area contributed by atoms with Crippen molar-refractivity contribution >= 4 is 44.3 Å². The fraction of sp³-hybridized carbons (Fsp3) is 0.182. The van der Waals surface area contributed by atoms with E-state index >= 15 is 0 Å². The molecule has 2 aromatic rings. The highest BCUT2D eigenvalue weighted by Gasteiger charge is 2.26. The second kappa shape index (κ2) is 4.12. The van der Waals surface area contributed by atoms with Crippen molar-refractivity contribution in [2.24, 2.45) is 4.99 Å². The molecular formula is C11H8N2O2S2. The molecule has 4 nitrogen and oxygen atoms in total. The minimum absolute atomic E-state index is 0.501. The number of thioether (sulfide) groups is 1. The van der Waals surface area contributed by atoms with E-state index in [1.54, 1.807) is 11.3 Å². The van der Waals surface area contributed by atoms with Crippen LogP contribution in [0.2, 0.25) is 0 Å². The largest absolute Gasteiger partial charge is 0.480 e. The molecule has 3 rings (SSSR count). The van der Waals surface area contributed by atoms with Gasteiger partial charge in [0.05, 0.1) is 10.2 Å². The minimum atomic E-state index is -0.867. The lowest BCUT2D eigenvalue weighted by Crippen LogP contribution is -2.17. The minimum Gasteiger partial charge on any atom is -0.480 e. The molecule has 0 spiro atoms. The molecule has 1 aromatic carbocycles. The summed E-state index contributed by atoms with van der Waals surface area (Å²) in [7, 11) is 0. The number of rotatable bonds is 2. The first-order chi connectivity index (χ1) is 8.24. The summed E-state index contributed by atoms with van der Waals surface area (Å²) in [4.78, 5) is 19.5. The van der Waals surface area contributed by atoms with Gasteiger partial charge in [-0.2, -0.15) is 0 Å². The zero-order chi connectivity index (χ0) is 11.8. The number of para-hydroxylation sites is 1. The van der Waals surface area contributed by atoms with Gasteiger partial charge >= 0.3 is 5.97 Å². The van der Waals surface area contributed by atoms with Gasteiger partial charge < -0.3 is 5.11 Å². The molecule has 0 saturated carbocycles. The average molecular weight is 264 g/mol. The number of thiazole rings is 1. The van der Waals surface area contributed by atoms with Crippen LogP contribution in [0.15, 0.2) is 29.3 Å². The van der Waals surface area contributed by atoms with Crippen LogP contribution in [0.5, 0.6) is 0 Å². The number of carbonyl (C=O) groups is 1. The number of nitrogens with zero attached hydrogens (tertiary/aromatic N) is 2. The Hall–Kier alpha value is -1.40. The third-order valence-electron chi connectivity index (χ3n) is 2.41. The lowest BCUT2D eigenvalue weighted by atomic mass is 10.3. The number of fused-ring (bicyclic) bond motifs is 1. The first-order valence-electron chi connectivity index (χ1n) is 5.03. The van der Waals surface area contributed by atoms with Crippen LogP contribution >= 0.6 is 23.1 Å². The lowest BCUT2D eigenvalue weighted by molar-refractivity contribution is -0.137. The highest BCUT2D eigenvalue weighted by Crippen LogP contribution is 2.29. The van der Waals surface area contributed by atoms with Crippen molar-refractivity contribution in [2.75, 3.05) is 5.75 Å². The zero-order valence-corrected chi connectivity index (χ0v) is 10.3. The quantitative estimate of drug-likeness (QED) is 0.903. The first-order valence-corrected chi connectivity index (χ1v) is 6.83. The van der Waals surface area contributed by atoms with Crippen molar-refractivity contribution in [3.05, 3.63) is 29.3 Å². The monoisotopic (exact) mass is 264 g/mol. The SMILES string of the molecule is O=C(O)[C@H]1CSC(c2nc3ccccc3s2)=N1. The molecule has 0 bridgehead atoms. The predicted octanol–water partition coefficient (Wildman–Crippen LogP) is 2.24. The Balaban J connectivity index is 1.99. The summed E-state index contributed by atoms with van der Waals surface area (Å²) in [5.74, 6) is -0.366. The topological polar surface area (TPSA) is 62.5 Å². The van der Waals surface area contributed by atoms with Gasteiger partial charge in [0.15, 0.2) is 6.04 Å². The predicted molar refractivity (Wildman–Crippen MR) is 70.0 cm³/mol. The summed E-state index contributed by atoms with van der Waals surface area (Å²) in [5, 5.41) is 10.4. The molecule has 1 atom stereocenters. The zero-order valence-electron chi connectivity index (χ0n) is 8.66. The standard InChI is InChI=1S/C11H8N2O2S2/c14-11(15)7-5-16-9(13-7)10-12-6-3-1-2-4-8(6)17-10/h1-4,7H,5H2,(H,14,15)/t7-/m1/s1. The van der Waals surface area contributed by atoms with Crippen molar-refractivity contribution in [1.29, 1.82) is 0 Å². The molecule has 0 unspecified atom stereocenters. The number of carboxylic acids is 1. The third-order valence-corrected chi connectivity index (χ3v) is 4.64. The smallest absolute Gasteiger partial charge is 0.329 e. The van der Waals surface area contributed by atoms with Gasteiger partial charge in [0.25, 0.3) is 0 Å². The Morgan fingerprint density at radius 2 is 2.24 bits per heavy atom. The van der Waals surface area contributed by atoms with Crippen molar-refractivity contribution < 1.29 is 9.90 Å². The van der Waals surface area contributed by atoms with Crippen molar-refractivity contribution in [3.8, 4) is 0 Å². The second-order valence-electron chi connectivity index (χ2n) is 3.59. The molecule has 17 heavy (non-hydrogen) atoms. The van der Waals surface area contributed by atoms with Crippen LogP contribution in [0.25, 0.3) is 10.2 Å². The normalized spacial score (nSPS) is 19.5. The number of aromatic nitrogens is 1.